The van der Waals surface area contributed by atoms with E-state index < -0.39 is 0 Å². The Morgan fingerprint density at radius 3 is 2.80 bits per heavy atom. The van der Waals surface area contributed by atoms with Gasteiger partial charge in [-0.1, -0.05) is 18.2 Å². The molecule has 4 nitrogen and oxygen atoms in total. The summed E-state index contributed by atoms with van der Waals surface area (Å²) in [5.74, 6) is 1.75. The number of hydrogen-bond donors (Lipinski definition) is 1. The molecular formula is C16H17N3O. The van der Waals surface area contributed by atoms with Crippen LogP contribution >= 0.6 is 0 Å². The minimum Gasteiger partial charge on any atom is -0.497 e. The number of hydrogen-bond acceptors (Lipinski definition) is 3. The van der Waals surface area contributed by atoms with Crippen molar-refractivity contribution in [3.05, 3.63) is 48.0 Å². The minimum absolute atomic E-state index is 0.533. The molecule has 102 valence electrons. The second-order valence-electron chi connectivity index (χ2n) is 4.75. The Labute approximate surface area is 117 Å². The van der Waals surface area contributed by atoms with Gasteiger partial charge in [-0.3, -0.25) is 0 Å². The van der Waals surface area contributed by atoms with E-state index >= 15 is 0 Å². The van der Waals surface area contributed by atoms with E-state index in [1.807, 2.05) is 37.4 Å². The monoisotopic (exact) mass is 267 g/mol. The molecule has 0 fully saturated rings. The molecule has 1 aromatic heterocycles. The highest BCUT2D eigenvalue weighted by atomic mass is 16.5. The van der Waals surface area contributed by atoms with Crippen molar-refractivity contribution in [1.29, 1.82) is 0 Å². The van der Waals surface area contributed by atoms with Gasteiger partial charge in [-0.2, -0.15) is 0 Å². The van der Waals surface area contributed by atoms with Gasteiger partial charge in [-0.05, 0) is 23.8 Å². The summed E-state index contributed by atoms with van der Waals surface area (Å²) in [6.07, 6.45) is 0. The Hall–Kier alpha value is -2.33. The zero-order valence-corrected chi connectivity index (χ0v) is 11.6. The molecule has 2 aromatic carbocycles. The van der Waals surface area contributed by atoms with Crippen molar-refractivity contribution in [1.82, 2.24) is 9.55 Å². The molecule has 4 heteroatoms. The Balaban J connectivity index is 2.18. The van der Waals surface area contributed by atoms with E-state index in [2.05, 4.69) is 16.7 Å². The quantitative estimate of drug-likeness (QED) is 0.793. The summed E-state index contributed by atoms with van der Waals surface area (Å²) in [5.41, 5.74) is 9.90. The average molecular weight is 267 g/mol. The number of benzene rings is 2. The number of nitrogens with zero attached hydrogens (tertiary/aromatic N) is 2. The predicted molar refractivity (Wildman–Crippen MR) is 80.6 cm³/mol. The van der Waals surface area contributed by atoms with Crippen LogP contribution in [0.2, 0.25) is 0 Å². The van der Waals surface area contributed by atoms with E-state index in [1.54, 1.807) is 7.11 Å². The lowest BCUT2D eigenvalue weighted by molar-refractivity contribution is 0.415. The van der Waals surface area contributed by atoms with E-state index in [1.165, 1.54) is 0 Å². The fourth-order valence-corrected chi connectivity index (χ4v) is 2.40. The third-order valence-corrected chi connectivity index (χ3v) is 3.51. The lowest BCUT2D eigenvalue weighted by atomic mass is 10.1. The van der Waals surface area contributed by atoms with Gasteiger partial charge in [0.05, 0.1) is 18.1 Å². The molecule has 0 aliphatic carbocycles. The summed E-state index contributed by atoms with van der Waals surface area (Å²) in [4.78, 5) is 4.71. The Morgan fingerprint density at radius 2 is 2.05 bits per heavy atom. The van der Waals surface area contributed by atoms with Crippen LogP contribution in [0.5, 0.6) is 5.75 Å². The number of aryl methyl sites for hydroxylation is 1. The van der Waals surface area contributed by atoms with E-state index in [-0.39, 0.29) is 0 Å². The van der Waals surface area contributed by atoms with Crippen LogP contribution in [0, 0.1) is 0 Å². The number of rotatable bonds is 3. The van der Waals surface area contributed by atoms with Crippen LogP contribution in [0.1, 0.15) is 5.56 Å². The zero-order chi connectivity index (χ0) is 14.1. The normalized spacial score (nSPS) is 10.9. The summed E-state index contributed by atoms with van der Waals surface area (Å²) in [7, 11) is 3.68. The maximum Gasteiger partial charge on any atom is 0.140 e. The van der Waals surface area contributed by atoms with Gasteiger partial charge in [0.25, 0.3) is 0 Å². The Morgan fingerprint density at radius 1 is 1.20 bits per heavy atom. The van der Waals surface area contributed by atoms with Crippen molar-refractivity contribution in [2.75, 3.05) is 7.11 Å². The first-order chi connectivity index (χ1) is 9.72. The molecule has 0 saturated heterocycles. The van der Waals surface area contributed by atoms with Crippen LogP contribution < -0.4 is 10.5 Å². The summed E-state index contributed by atoms with van der Waals surface area (Å²) in [5, 5.41) is 0. The topological polar surface area (TPSA) is 53.1 Å². The van der Waals surface area contributed by atoms with Crippen molar-refractivity contribution >= 4 is 11.0 Å². The molecule has 0 unspecified atom stereocenters. The Bertz CT molecular complexity index is 762. The lowest BCUT2D eigenvalue weighted by Gasteiger charge is -2.04. The molecule has 0 aliphatic heterocycles. The molecule has 0 atom stereocenters. The number of methoxy groups -OCH3 is 1. The van der Waals surface area contributed by atoms with Gasteiger partial charge in [0, 0.05) is 25.2 Å². The average Bonchev–Trinajstić information content (AvgIpc) is 2.83. The Kier molecular flexibility index (Phi) is 3.16. The lowest BCUT2D eigenvalue weighted by Crippen LogP contribution is -1.97. The van der Waals surface area contributed by atoms with Crippen LogP contribution in [0.3, 0.4) is 0 Å². The number of nitrogens with two attached hydrogens (primary N) is 1. The van der Waals surface area contributed by atoms with Gasteiger partial charge in [-0.25, -0.2) is 4.98 Å². The predicted octanol–water partition coefficient (Wildman–Crippen LogP) is 2.71. The summed E-state index contributed by atoms with van der Waals surface area (Å²) >= 11 is 0. The fourth-order valence-electron chi connectivity index (χ4n) is 2.40. The van der Waals surface area contributed by atoms with Crippen LogP contribution in [0.15, 0.2) is 42.5 Å². The molecule has 0 aliphatic rings. The van der Waals surface area contributed by atoms with Crippen LogP contribution in [0.25, 0.3) is 22.4 Å². The van der Waals surface area contributed by atoms with Gasteiger partial charge in [0.15, 0.2) is 0 Å². The van der Waals surface area contributed by atoms with E-state index in [0.29, 0.717) is 6.54 Å². The van der Waals surface area contributed by atoms with Crippen molar-refractivity contribution in [2.24, 2.45) is 12.8 Å². The molecular weight excluding hydrogens is 250 g/mol. The van der Waals surface area contributed by atoms with Gasteiger partial charge < -0.3 is 15.0 Å². The molecule has 0 saturated carbocycles. The summed E-state index contributed by atoms with van der Waals surface area (Å²) in [6, 6.07) is 14.1. The number of fused-ring (bicyclic) bond motifs is 1. The highest BCUT2D eigenvalue weighted by Gasteiger charge is 2.10. The molecule has 3 rings (SSSR count). The third kappa shape index (κ3) is 2.04. The second kappa shape index (κ2) is 4.98. The van der Waals surface area contributed by atoms with Crippen molar-refractivity contribution in [3.8, 4) is 17.1 Å². The molecule has 3 aromatic rings. The zero-order valence-electron chi connectivity index (χ0n) is 11.6. The van der Waals surface area contributed by atoms with Crippen LogP contribution in [-0.2, 0) is 13.6 Å². The summed E-state index contributed by atoms with van der Waals surface area (Å²) < 4.78 is 7.34. The van der Waals surface area contributed by atoms with Crippen molar-refractivity contribution < 1.29 is 4.74 Å². The molecule has 0 radical (unpaired) electrons. The second-order valence-corrected chi connectivity index (χ2v) is 4.75. The smallest absolute Gasteiger partial charge is 0.140 e. The first-order valence-electron chi connectivity index (χ1n) is 6.53. The van der Waals surface area contributed by atoms with Crippen LogP contribution in [-0.4, -0.2) is 16.7 Å². The molecule has 20 heavy (non-hydrogen) atoms. The summed E-state index contributed by atoms with van der Waals surface area (Å²) in [6.45, 7) is 0.533. The van der Waals surface area contributed by atoms with Gasteiger partial charge in [0.1, 0.15) is 11.6 Å². The van der Waals surface area contributed by atoms with Gasteiger partial charge >= 0.3 is 0 Å². The van der Waals surface area contributed by atoms with E-state index in [9.17, 15) is 0 Å². The van der Waals surface area contributed by atoms with Gasteiger partial charge in [-0.15, -0.1) is 0 Å². The van der Waals surface area contributed by atoms with E-state index in [0.717, 1.165) is 33.7 Å². The van der Waals surface area contributed by atoms with Crippen LogP contribution in [0.4, 0.5) is 0 Å². The maximum absolute atomic E-state index is 5.70. The standard InChI is InChI=1S/C16H17N3O/c1-19-15-7-6-13(20-2)9-14(15)18-16(19)12-5-3-4-11(8-12)10-17/h3-9H,10,17H2,1-2H3. The largest absolute Gasteiger partial charge is 0.497 e. The highest BCUT2D eigenvalue weighted by Crippen LogP contribution is 2.26. The molecule has 0 bridgehead atoms. The number of imidazole rings is 1. The minimum atomic E-state index is 0.533. The number of aromatic nitrogens is 2. The maximum atomic E-state index is 5.70. The SMILES string of the molecule is COc1ccc2c(c1)nc(-c1cccc(CN)c1)n2C. The van der Waals surface area contributed by atoms with Crippen molar-refractivity contribution in [3.63, 3.8) is 0 Å². The first-order valence-corrected chi connectivity index (χ1v) is 6.53. The van der Waals surface area contributed by atoms with E-state index in [4.69, 9.17) is 15.5 Å². The molecule has 1 heterocycles. The third-order valence-electron chi connectivity index (χ3n) is 3.51. The fraction of sp³-hybridized carbons (Fsp3) is 0.188. The molecule has 0 spiro atoms. The van der Waals surface area contributed by atoms with Crippen molar-refractivity contribution in [2.45, 2.75) is 6.54 Å². The molecule has 2 N–H and O–H groups in total. The molecule has 0 amide bonds. The number of ether oxygens (including phenoxy) is 1. The van der Waals surface area contributed by atoms with Gasteiger partial charge in [0.2, 0.25) is 0 Å². The first kappa shape index (κ1) is 12.7. The highest BCUT2D eigenvalue weighted by molar-refractivity contribution is 5.82.